The van der Waals surface area contributed by atoms with E-state index < -0.39 is 7.12 Å². The van der Waals surface area contributed by atoms with Crippen LogP contribution < -0.4 is 4.70 Å². The van der Waals surface area contributed by atoms with E-state index in [4.69, 9.17) is 0 Å². The first-order valence-electron chi connectivity index (χ1n) is 7.51. The van der Waals surface area contributed by atoms with Crippen LogP contribution in [0.1, 0.15) is 5.56 Å². The van der Waals surface area contributed by atoms with Gasteiger partial charge in [-0.05, 0) is 43.7 Å². The molecule has 0 N–H and O–H groups in total. The van der Waals surface area contributed by atoms with Crippen LogP contribution in [0.15, 0.2) is 85.7 Å². The maximum Gasteiger partial charge on any atom is 2.00 e. The fraction of sp³-hybridized carbons (Fsp3) is 0.0625. The standard InChI is InChI=1S/C9H10BN6.C7H8.Be.FH/c1-4-11-14(7-1)10(15-8-2-5-12-15)16-9-3-6-13-16;1-7-5-3-2-4-6-7;;/h1-10H;2-6H,1H3;;1H/q-1;;+2;/p-1. The van der Waals surface area contributed by atoms with Gasteiger partial charge in [-0.25, -0.2) is 15.3 Å². The van der Waals surface area contributed by atoms with E-state index in [-0.39, 0.29) is 14.8 Å². The van der Waals surface area contributed by atoms with Crippen molar-refractivity contribution >= 4 is 17.2 Å². The smallest absolute Gasteiger partial charge is 1.00 e. The maximum absolute atomic E-state index is 4.26. The largest absolute Gasteiger partial charge is 2.00 e. The average Bonchev–Trinajstić information content (AvgIpc) is 3.34. The zero-order valence-corrected chi connectivity index (χ0v) is 14.1. The van der Waals surface area contributed by atoms with Gasteiger partial charge in [0, 0.05) is 18.6 Å². The molecule has 0 aliphatic rings. The molecule has 0 aliphatic carbocycles. The van der Waals surface area contributed by atoms with Crippen molar-refractivity contribution in [1.29, 1.82) is 0 Å². The molecule has 0 aliphatic heterocycles. The summed E-state index contributed by atoms with van der Waals surface area (Å²) in [5.41, 5.74) is 1.32. The van der Waals surface area contributed by atoms with Gasteiger partial charge < -0.3 is 18.5 Å². The van der Waals surface area contributed by atoms with Crippen molar-refractivity contribution in [3.63, 3.8) is 0 Å². The molecule has 4 rings (SSSR count). The van der Waals surface area contributed by atoms with Crippen LogP contribution in [0.25, 0.3) is 0 Å². The normalized spacial score (nSPS) is 9.52. The zero-order chi connectivity index (χ0) is 15.9. The third kappa shape index (κ3) is 5.26. The van der Waals surface area contributed by atoms with Crippen LogP contribution >= 0.6 is 0 Å². The molecule has 0 atom stereocenters. The molecule has 25 heavy (non-hydrogen) atoms. The number of halogens is 1. The van der Waals surface area contributed by atoms with Crippen molar-refractivity contribution in [2.75, 3.05) is 0 Å². The predicted molar refractivity (Wildman–Crippen MR) is 97.0 cm³/mol. The monoisotopic (exact) mass is 333 g/mol. The van der Waals surface area contributed by atoms with Gasteiger partial charge in [-0.2, -0.15) is 0 Å². The van der Waals surface area contributed by atoms with Gasteiger partial charge in [0.1, 0.15) is 0 Å². The Balaban J connectivity index is 0.000000299. The van der Waals surface area contributed by atoms with E-state index in [1.165, 1.54) is 5.56 Å². The SMILES string of the molecule is Cc1ccccc1.[Be+2].[F-].c1cnn([BH-](n2cccn2)n2cccn2)c1. The number of hydrogen-bond donors (Lipinski definition) is 0. The summed E-state index contributed by atoms with van der Waals surface area (Å²) in [4.78, 5) is 0. The molecule has 0 saturated carbocycles. The first-order valence-corrected chi connectivity index (χ1v) is 7.51. The van der Waals surface area contributed by atoms with Gasteiger partial charge in [0.2, 0.25) is 0 Å². The fourth-order valence-electron chi connectivity index (χ4n) is 2.38. The quantitative estimate of drug-likeness (QED) is 0.432. The molecule has 4 aromatic rings. The second-order valence-corrected chi connectivity index (χ2v) is 5.22. The second-order valence-electron chi connectivity index (χ2n) is 5.22. The van der Waals surface area contributed by atoms with Crippen LogP contribution in [-0.2, 0) is 0 Å². The van der Waals surface area contributed by atoms with Crippen molar-refractivity contribution in [2.45, 2.75) is 6.92 Å². The van der Waals surface area contributed by atoms with Crippen molar-refractivity contribution in [3.8, 4) is 0 Å². The summed E-state index contributed by atoms with van der Waals surface area (Å²) < 4.78 is 5.62. The Hall–Kier alpha value is -2.99. The van der Waals surface area contributed by atoms with Crippen molar-refractivity contribution < 1.29 is 4.70 Å². The number of benzene rings is 1. The Morgan fingerprint density at radius 2 is 1.08 bits per heavy atom. The summed E-state index contributed by atoms with van der Waals surface area (Å²) in [6.45, 7) is 2.08. The van der Waals surface area contributed by atoms with E-state index in [1.54, 1.807) is 18.6 Å². The first-order chi connectivity index (χ1) is 11.3. The Kier molecular flexibility index (Phi) is 8.02. The minimum absolute atomic E-state index is 0. The molecule has 3 heterocycles. The molecular formula is C16H18BBeFN6. The molecule has 0 bridgehead atoms. The van der Waals surface area contributed by atoms with Crippen LogP contribution in [0.4, 0.5) is 0 Å². The minimum atomic E-state index is -1.12. The maximum atomic E-state index is 4.26. The summed E-state index contributed by atoms with van der Waals surface area (Å²) in [5, 5.41) is 12.8. The van der Waals surface area contributed by atoms with E-state index in [2.05, 4.69) is 34.4 Å². The Bertz CT molecular complexity index is 709. The fourth-order valence-corrected chi connectivity index (χ4v) is 2.38. The summed E-state index contributed by atoms with van der Waals surface area (Å²) in [7, 11) is -1.12. The number of aryl methyl sites for hydroxylation is 1. The molecule has 9 heteroatoms. The predicted octanol–water partition coefficient (Wildman–Crippen LogP) is -1.44. The third-order valence-corrected chi connectivity index (χ3v) is 3.49. The van der Waals surface area contributed by atoms with Crippen molar-refractivity contribution in [1.82, 2.24) is 29.1 Å². The summed E-state index contributed by atoms with van der Waals surface area (Å²) >= 11 is 0. The van der Waals surface area contributed by atoms with Gasteiger partial charge in [0.15, 0.2) is 0 Å². The number of nitrogens with zero attached hydrogens (tertiary/aromatic N) is 6. The Labute approximate surface area is 149 Å². The first kappa shape index (κ1) is 20.1. The van der Waals surface area contributed by atoms with Crippen LogP contribution in [0.2, 0.25) is 0 Å². The van der Waals surface area contributed by atoms with Gasteiger partial charge in [-0.15, -0.1) is 0 Å². The van der Waals surface area contributed by atoms with E-state index in [1.807, 2.05) is 68.8 Å². The van der Waals surface area contributed by atoms with E-state index in [0.717, 1.165) is 0 Å². The zero-order valence-electron chi connectivity index (χ0n) is 14.1. The van der Waals surface area contributed by atoms with Crippen LogP contribution in [-0.4, -0.2) is 46.3 Å². The van der Waals surface area contributed by atoms with Crippen molar-refractivity contribution in [2.24, 2.45) is 0 Å². The van der Waals surface area contributed by atoms with Crippen LogP contribution in [0.5, 0.6) is 0 Å². The average molecular weight is 333 g/mol. The molecule has 6 nitrogen and oxygen atoms in total. The van der Waals surface area contributed by atoms with Gasteiger partial charge in [0.05, 0.1) is 0 Å². The molecule has 0 spiro atoms. The molecular weight excluding hydrogens is 315 g/mol. The van der Waals surface area contributed by atoms with Crippen LogP contribution in [0, 0.1) is 6.92 Å². The summed E-state index contributed by atoms with van der Waals surface area (Å²) in [6, 6.07) is 15.9. The summed E-state index contributed by atoms with van der Waals surface area (Å²) in [5.74, 6) is 0. The molecule has 3 aromatic heterocycles. The number of rotatable bonds is 3. The van der Waals surface area contributed by atoms with E-state index >= 15 is 0 Å². The van der Waals surface area contributed by atoms with E-state index in [9.17, 15) is 0 Å². The molecule has 124 valence electrons. The molecule has 1 aromatic carbocycles. The molecule has 0 radical (unpaired) electrons. The minimum Gasteiger partial charge on any atom is -1.00 e. The van der Waals surface area contributed by atoms with Crippen molar-refractivity contribution in [3.05, 3.63) is 91.3 Å². The van der Waals surface area contributed by atoms with Crippen LogP contribution in [0.3, 0.4) is 0 Å². The Morgan fingerprint density at radius 3 is 1.32 bits per heavy atom. The number of hydrogen-bond acceptors (Lipinski definition) is 3. The van der Waals surface area contributed by atoms with Gasteiger partial charge in [-0.3, -0.25) is 0 Å². The van der Waals surface area contributed by atoms with Gasteiger partial charge >= 0.3 is 17.2 Å². The van der Waals surface area contributed by atoms with Gasteiger partial charge in [-0.1, -0.05) is 35.9 Å². The molecule has 0 unspecified atom stereocenters. The second kappa shape index (κ2) is 10.00. The molecule has 0 fully saturated rings. The summed E-state index contributed by atoms with van der Waals surface area (Å²) in [6.07, 6.45) is 11.0. The number of aromatic nitrogens is 6. The topological polar surface area (TPSA) is 53.5 Å². The van der Waals surface area contributed by atoms with Gasteiger partial charge in [0.25, 0.3) is 0 Å². The Morgan fingerprint density at radius 1 is 0.680 bits per heavy atom. The molecule has 0 amide bonds. The van der Waals surface area contributed by atoms with E-state index in [0.29, 0.717) is 0 Å². The third-order valence-electron chi connectivity index (χ3n) is 3.49. The molecule has 0 saturated heterocycles.